The van der Waals surface area contributed by atoms with Crippen molar-refractivity contribution < 1.29 is 14.3 Å². The number of hydrogen-bond donors (Lipinski definition) is 0. The first-order valence-corrected chi connectivity index (χ1v) is 7.89. The molecule has 0 amide bonds. The van der Waals surface area contributed by atoms with Gasteiger partial charge in [0.15, 0.2) is 5.78 Å². The fourth-order valence-corrected chi connectivity index (χ4v) is 3.22. The molecular formula is C16H18Cl2O3. The van der Waals surface area contributed by atoms with Crippen molar-refractivity contribution in [1.82, 2.24) is 0 Å². The Bertz CT molecular complexity index is 556. The zero-order valence-electron chi connectivity index (χ0n) is 12.0. The molecule has 5 heteroatoms. The van der Waals surface area contributed by atoms with Crippen LogP contribution in [-0.4, -0.2) is 18.4 Å². The van der Waals surface area contributed by atoms with Crippen molar-refractivity contribution in [3.63, 3.8) is 0 Å². The summed E-state index contributed by atoms with van der Waals surface area (Å²) in [5.41, 5.74) is -0.393. The van der Waals surface area contributed by atoms with Crippen LogP contribution < -0.4 is 0 Å². The first kappa shape index (κ1) is 16.3. The second-order valence-corrected chi connectivity index (χ2v) is 6.19. The monoisotopic (exact) mass is 328 g/mol. The third-order valence-corrected chi connectivity index (χ3v) is 4.56. The number of carbonyl (C=O) groups is 2. The maximum atomic E-state index is 12.5. The number of Topliss-reactive ketones (excluding diaryl/α,β-unsaturated/α-hetero) is 1. The second kappa shape index (κ2) is 6.80. The molecule has 1 atom stereocenters. The average Bonchev–Trinajstić information content (AvgIpc) is 2.45. The molecule has 3 nitrogen and oxygen atoms in total. The summed E-state index contributed by atoms with van der Waals surface area (Å²) < 4.78 is 5.16. The Hall–Kier alpha value is -1.06. The molecule has 1 aromatic carbocycles. The van der Waals surface area contributed by atoms with Crippen LogP contribution in [0.25, 0.3) is 0 Å². The summed E-state index contributed by atoms with van der Waals surface area (Å²) in [6, 6.07) is 5.09. The van der Waals surface area contributed by atoms with Crippen molar-refractivity contribution in [1.29, 1.82) is 0 Å². The molecule has 1 aliphatic rings. The molecule has 0 heterocycles. The van der Waals surface area contributed by atoms with Crippen molar-refractivity contribution in [3.8, 4) is 0 Å². The van der Waals surface area contributed by atoms with Gasteiger partial charge in [0, 0.05) is 16.5 Å². The molecule has 2 rings (SSSR count). The van der Waals surface area contributed by atoms with Crippen LogP contribution in [0.5, 0.6) is 0 Å². The molecule has 0 radical (unpaired) electrons. The molecule has 1 saturated carbocycles. The number of ether oxygens (including phenoxy) is 1. The van der Waals surface area contributed by atoms with Gasteiger partial charge in [-0.05, 0) is 49.9 Å². The van der Waals surface area contributed by atoms with E-state index >= 15 is 0 Å². The average molecular weight is 329 g/mol. The highest BCUT2D eigenvalue weighted by Crippen LogP contribution is 2.39. The minimum atomic E-state index is -1.11. The van der Waals surface area contributed by atoms with E-state index in [1.165, 1.54) is 0 Å². The van der Waals surface area contributed by atoms with Gasteiger partial charge in [-0.3, -0.25) is 9.59 Å². The van der Waals surface area contributed by atoms with Gasteiger partial charge >= 0.3 is 5.97 Å². The highest BCUT2D eigenvalue weighted by Gasteiger charge is 2.48. The Morgan fingerprint density at radius 3 is 2.76 bits per heavy atom. The predicted octanol–water partition coefficient (Wildman–Crippen LogP) is 4.23. The lowest BCUT2D eigenvalue weighted by Gasteiger charge is -2.33. The summed E-state index contributed by atoms with van der Waals surface area (Å²) in [4.78, 5) is 24.9. The Labute approximate surface area is 134 Å². The Balaban J connectivity index is 2.38. The van der Waals surface area contributed by atoms with Gasteiger partial charge in [-0.1, -0.05) is 29.6 Å². The molecule has 114 valence electrons. The van der Waals surface area contributed by atoms with Gasteiger partial charge in [0.05, 0.1) is 6.61 Å². The van der Waals surface area contributed by atoms with Gasteiger partial charge in [-0.2, -0.15) is 0 Å². The highest BCUT2D eigenvalue weighted by atomic mass is 35.5. The normalized spacial score (nSPS) is 22.1. The number of esters is 1. The van der Waals surface area contributed by atoms with Crippen LogP contribution in [0, 0.1) is 5.41 Å². The molecule has 0 aliphatic heterocycles. The topological polar surface area (TPSA) is 43.4 Å². The van der Waals surface area contributed by atoms with E-state index in [2.05, 4.69) is 0 Å². The SMILES string of the molecule is CCOC(=O)C1(Cc2cc(Cl)ccc2Cl)CCCCC1=O. The summed E-state index contributed by atoms with van der Waals surface area (Å²) >= 11 is 12.2. The Morgan fingerprint density at radius 1 is 1.33 bits per heavy atom. The number of carbonyl (C=O) groups excluding carboxylic acids is 2. The fourth-order valence-electron chi connectivity index (χ4n) is 2.84. The van der Waals surface area contributed by atoms with Crippen LogP contribution in [0.4, 0.5) is 0 Å². The van der Waals surface area contributed by atoms with E-state index in [0.717, 1.165) is 12.8 Å². The lowest BCUT2D eigenvalue weighted by atomic mass is 9.69. The molecule has 1 aromatic rings. The maximum Gasteiger partial charge on any atom is 0.319 e. The Morgan fingerprint density at radius 2 is 2.10 bits per heavy atom. The lowest BCUT2D eigenvalue weighted by molar-refractivity contribution is -0.162. The number of hydrogen-bond acceptors (Lipinski definition) is 3. The molecule has 21 heavy (non-hydrogen) atoms. The zero-order valence-corrected chi connectivity index (χ0v) is 13.5. The van der Waals surface area contributed by atoms with Crippen molar-refractivity contribution in [2.24, 2.45) is 5.41 Å². The summed E-state index contributed by atoms with van der Waals surface area (Å²) in [7, 11) is 0. The maximum absolute atomic E-state index is 12.5. The third-order valence-electron chi connectivity index (χ3n) is 3.96. The van der Waals surface area contributed by atoms with Crippen LogP contribution >= 0.6 is 23.2 Å². The number of rotatable bonds is 4. The van der Waals surface area contributed by atoms with Gasteiger partial charge in [0.2, 0.25) is 0 Å². The first-order valence-electron chi connectivity index (χ1n) is 7.14. The quantitative estimate of drug-likeness (QED) is 0.613. The molecule has 1 unspecified atom stereocenters. The second-order valence-electron chi connectivity index (χ2n) is 5.35. The molecule has 0 saturated heterocycles. The van der Waals surface area contributed by atoms with E-state index in [-0.39, 0.29) is 18.8 Å². The van der Waals surface area contributed by atoms with E-state index in [4.69, 9.17) is 27.9 Å². The lowest BCUT2D eigenvalue weighted by Crippen LogP contribution is -2.44. The van der Waals surface area contributed by atoms with Gasteiger partial charge < -0.3 is 4.74 Å². The number of benzene rings is 1. The van der Waals surface area contributed by atoms with Crippen molar-refractivity contribution in [2.45, 2.75) is 39.0 Å². The van der Waals surface area contributed by atoms with Crippen LogP contribution in [0.1, 0.15) is 38.2 Å². The third kappa shape index (κ3) is 3.41. The van der Waals surface area contributed by atoms with Gasteiger partial charge in [0.25, 0.3) is 0 Å². The van der Waals surface area contributed by atoms with Crippen LogP contribution in [0.2, 0.25) is 10.0 Å². The first-order chi connectivity index (χ1) is 9.99. The van der Waals surface area contributed by atoms with E-state index in [1.807, 2.05) is 0 Å². The molecule has 1 fully saturated rings. The van der Waals surface area contributed by atoms with E-state index in [9.17, 15) is 9.59 Å². The summed E-state index contributed by atoms with van der Waals surface area (Å²) in [6.07, 6.45) is 2.83. The van der Waals surface area contributed by atoms with E-state index in [0.29, 0.717) is 28.5 Å². The van der Waals surface area contributed by atoms with Crippen molar-refractivity contribution in [2.75, 3.05) is 6.61 Å². The smallest absolute Gasteiger partial charge is 0.319 e. The van der Waals surface area contributed by atoms with Gasteiger partial charge in [0.1, 0.15) is 5.41 Å². The highest BCUT2D eigenvalue weighted by molar-refractivity contribution is 6.33. The number of halogens is 2. The Kier molecular flexibility index (Phi) is 5.28. The molecule has 1 aliphatic carbocycles. The summed E-state index contributed by atoms with van der Waals surface area (Å²) in [6.45, 7) is 2.00. The zero-order chi connectivity index (χ0) is 15.5. The molecule has 0 aromatic heterocycles. The van der Waals surface area contributed by atoms with Crippen LogP contribution in [-0.2, 0) is 20.7 Å². The number of ketones is 1. The predicted molar refractivity (Wildman–Crippen MR) is 82.7 cm³/mol. The fraction of sp³-hybridized carbons (Fsp3) is 0.500. The van der Waals surface area contributed by atoms with Gasteiger partial charge in [-0.25, -0.2) is 0 Å². The minimum absolute atomic E-state index is 0.0526. The molecule has 0 spiro atoms. The molecular weight excluding hydrogens is 311 g/mol. The molecule has 0 bridgehead atoms. The van der Waals surface area contributed by atoms with Crippen molar-refractivity contribution in [3.05, 3.63) is 33.8 Å². The summed E-state index contributed by atoms with van der Waals surface area (Å²) in [5.74, 6) is -0.492. The largest absolute Gasteiger partial charge is 0.465 e. The van der Waals surface area contributed by atoms with E-state index in [1.54, 1.807) is 25.1 Å². The van der Waals surface area contributed by atoms with Crippen molar-refractivity contribution >= 4 is 35.0 Å². The molecule has 0 N–H and O–H groups in total. The minimum Gasteiger partial charge on any atom is -0.465 e. The standard InChI is InChI=1S/C16H18Cl2O3/c1-2-21-15(20)16(8-4-3-5-14(16)19)10-11-9-12(17)6-7-13(11)18/h6-7,9H,2-5,8,10H2,1H3. The summed E-state index contributed by atoms with van der Waals surface area (Å²) in [5, 5.41) is 1.05. The van der Waals surface area contributed by atoms with E-state index < -0.39 is 11.4 Å². The van der Waals surface area contributed by atoms with Crippen LogP contribution in [0.15, 0.2) is 18.2 Å². The van der Waals surface area contributed by atoms with Gasteiger partial charge in [-0.15, -0.1) is 0 Å². The van der Waals surface area contributed by atoms with Crippen LogP contribution in [0.3, 0.4) is 0 Å².